The summed E-state index contributed by atoms with van der Waals surface area (Å²) < 4.78 is 72.4. The fraction of sp³-hybridized carbons (Fsp3) is 0.0303. The minimum absolute atomic E-state index is 0. The third-order valence-electron chi connectivity index (χ3n) is 13.4. The summed E-state index contributed by atoms with van der Waals surface area (Å²) >= 11 is 0. The van der Waals surface area contributed by atoms with Gasteiger partial charge in [0.05, 0.1) is 5.48 Å². The zero-order valence-corrected chi connectivity index (χ0v) is 43.3. The van der Waals surface area contributed by atoms with Crippen molar-refractivity contribution in [3.05, 3.63) is 308 Å². The van der Waals surface area contributed by atoms with Crippen LogP contribution in [0.25, 0.3) is 38.6 Å². The van der Waals surface area contributed by atoms with Gasteiger partial charge in [-0.1, -0.05) is 150 Å². The summed E-state index contributed by atoms with van der Waals surface area (Å²) in [5.74, 6) is 4.32. The van der Waals surface area contributed by atoms with Gasteiger partial charge in [-0.05, 0) is 97.5 Å². The summed E-state index contributed by atoms with van der Waals surface area (Å²) in [4.78, 5) is 8.76. The fourth-order valence-corrected chi connectivity index (χ4v) is 9.81. The third-order valence-corrected chi connectivity index (χ3v) is 13.4. The molecule has 9 aromatic rings. The Labute approximate surface area is 470 Å². The molecule has 0 saturated heterocycles. The van der Waals surface area contributed by atoms with Crippen LogP contribution in [-0.2, 0) is 26.5 Å². The average molecular weight is 1170 g/mol. The number of pyridine rings is 1. The molecule has 3 aliphatic heterocycles. The predicted molar refractivity (Wildman–Crippen MR) is 311 cm³/mol. The van der Waals surface area contributed by atoms with E-state index in [9.17, 15) is 6.85 Å². The van der Waals surface area contributed by atoms with E-state index in [0.717, 1.165) is 50.1 Å². The van der Waals surface area contributed by atoms with Gasteiger partial charge in [0.2, 0.25) is 0 Å². The summed E-state index contributed by atoms with van der Waals surface area (Å²) in [5.41, 5.74) is 8.94. The number of allylic oxidation sites excluding steroid dienone is 8. The largest absolute Gasteiger partial charge is 0.509 e. The summed E-state index contributed by atoms with van der Waals surface area (Å²) in [6.07, 6.45) is 24.9. The van der Waals surface area contributed by atoms with Crippen molar-refractivity contribution >= 4 is 70.1 Å². The van der Waals surface area contributed by atoms with E-state index in [4.69, 9.17) is 12.5 Å². The van der Waals surface area contributed by atoms with Crippen molar-refractivity contribution in [3.63, 3.8) is 0 Å². The first-order valence-electron chi connectivity index (χ1n) is 28.0. The topological polar surface area (TPSA) is 57.6 Å². The molecule has 10 heteroatoms. The SMILES string of the molecule is [2H]c1c(Oc2[c-]c3c(cc2)c2c([2H])c([2H])c([2H])c([2H])c2n3-c2cc(C(C)(c3ccccc3)c3ccccc3)ccn2)[c-]c(N2[CH-]N(c3c(/C4=C/C=C\N/C=C\C=C/[B]4)cccc3/C3=C/C=C\N/C=C\C=C/[B]3)c3ccccc32)c([2H])c1[2H].[Pt]. The number of para-hydroxylation sites is 4. The fourth-order valence-electron chi connectivity index (χ4n) is 9.81. The van der Waals surface area contributed by atoms with Gasteiger partial charge in [0.15, 0.2) is 14.6 Å². The van der Waals surface area contributed by atoms with Gasteiger partial charge in [0.1, 0.15) is 5.82 Å². The van der Waals surface area contributed by atoms with Gasteiger partial charge < -0.3 is 29.7 Å². The van der Waals surface area contributed by atoms with E-state index in [-0.39, 0.29) is 85.4 Å². The molecule has 0 atom stereocenters. The number of hydrogen-bond donors (Lipinski definition) is 2. The molecule has 2 aromatic heterocycles. The quantitative estimate of drug-likeness (QED) is 0.105. The normalized spacial score (nSPS) is 19.4. The molecule has 0 amide bonds. The summed E-state index contributed by atoms with van der Waals surface area (Å²) in [6, 6.07) is 45.9. The monoisotopic (exact) mass is 1170 g/mol. The maximum atomic E-state index is 9.46. The van der Waals surface area contributed by atoms with Crippen LogP contribution in [0.5, 0.6) is 11.5 Å². The van der Waals surface area contributed by atoms with E-state index in [1.54, 1.807) is 27.8 Å². The molecular formula is C66H49B2N6OPt-3. The molecule has 0 spiro atoms. The molecule has 0 fully saturated rings. The summed E-state index contributed by atoms with van der Waals surface area (Å²) in [5, 5.41) is 7.09. The number of nitrogens with zero attached hydrogens (tertiary/aromatic N) is 4. The predicted octanol–water partition coefficient (Wildman–Crippen LogP) is 14.7. The molecule has 0 saturated carbocycles. The van der Waals surface area contributed by atoms with Crippen LogP contribution in [0.4, 0.5) is 22.7 Å². The minimum atomic E-state index is -0.675. The van der Waals surface area contributed by atoms with Gasteiger partial charge in [-0.3, -0.25) is 0 Å². The van der Waals surface area contributed by atoms with Gasteiger partial charge >= 0.3 is 0 Å². The Morgan fingerprint density at radius 1 is 0.592 bits per heavy atom. The summed E-state index contributed by atoms with van der Waals surface area (Å²) in [6.45, 7) is 4.03. The number of benzene rings is 7. The molecule has 368 valence electrons. The first-order valence-corrected chi connectivity index (χ1v) is 24.5. The average Bonchev–Trinajstić information content (AvgIpc) is 3.74. The number of ether oxygens (including phenoxy) is 1. The second-order valence-electron chi connectivity index (χ2n) is 17.8. The Kier molecular flexibility index (Phi) is 12.2. The number of aromatic nitrogens is 2. The van der Waals surface area contributed by atoms with E-state index in [1.165, 1.54) is 0 Å². The molecular weight excluding hydrogens is 1110 g/mol. The molecule has 0 bridgehead atoms. The molecule has 0 aliphatic carbocycles. The van der Waals surface area contributed by atoms with E-state index >= 15 is 0 Å². The van der Waals surface area contributed by atoms with Crippen LogP contribution < -0.4 is 25.2 Å². The van der Waals surface area contributed by atoms with Gasteiger partial charge in [-0.15, -0.1) is 60.0 Å². The maximum absolute atomic E-state index is 9.46. The van der Waals surface area contributed by atoms with Gasteiger partial charge in [-0.2, -0.15) is 12.1 Å². The van der Waals surface area contributed by atoms with Crippen molar-refractivity contribution in [1.29, 1.82) is 0 Å². The molecule has 2 N–H and O–H groups in total. The smallest absolute Gasteiger partial charge is 0.182 e. The number of fused-ring (bicyclic) bond motifs is 4. The molecule has 2 radical (unpaired) electrons. The molecule has 0 unspecified atom stereocenters. The van der Waals surface area contributed by atoms with Gasteiger partial charge in [-0.25, -0.2) is 4.98 Å². The van der Waals surface area contributed by atoms with Crippen molar-refractivity contribution in [2.45, 2.75) is 12.3 Å². The zero-order valence-electron chi connectivity index (χ0n) is 48.0. The van der Waals surface area contributed by atoms with Crippen molar-refractivity contribution in [2.24, 2.45) is 0 Å². The van der Waals surface area contributed by atoms with E-state index in [1.807, 2.05) is 171 Å². The van der Waals surface area contributed by atoms with Crippen molar-refractivity contribution in [2.75, 3.05) is 9.80 Å². The second-order valence-corrected chi connectivity index (χ2v) is 17.8. The van der Waals surface area contributed by atoms with E-state index in [2.05, 4.69) is 85.5 Å². The third kappa shape index (κ3) is 9.74. The number of hydrogen-bond acceptors (Lipinski definition) is 6. The van der Waals surface area contributed by atoms with Gasteiger partial charge in [0.25, 0.3) is 0 Å². The molecule has 7 nitrogen and oxygen atoms in total. The Balaban J connectivity index is 0.00000721. The first-order chi connectivity index (χ1) is 40.0. The van der Waals surface area contributed by atoms with Crippen LogP contribution in [0.3, 0.4) is 0 Å². The first kappa shape index (κ1) is 41.6. The van der Waals surface area contributed by atoms with Gasteiger partial charge in [0, 0.05) is 92.9 Å². The maximum Gasteiger partial charge on any atom is 0.182 e. The Hall–Kier alpha value is -8.77. The molecule has 3 aliphatic rings. The second kappa shape index (κ2) is 22.4. The van der Waals surface area contributed by atoms with Crippen LogP contribution in [0.15, 0.2) is 261 Å². The molecule has 7 aromatic carbocycles. The minimum Gasteiger partial charge on any atom is -0.509 e. The number of rotatable bonds is 10. The van der Waals surface area contributed by atoms with E-state index in [0.29, 0.717) is 22.4 Å². The zero-order chi connectivity index (χ0) is 56.5. The molecule has 5 heterocycles. The van der Waals surface area contributed by atoms with E-state index < -0.39 is 11.5 Å². The van der Waals surface area contributed by atoms with Crippen molar-refractivity contribution in [1.82, 2.24) is 20.2 Å². The van der Waals surface area contributed by atoms with Crippen molar-refractivity contribution < 1.29 is 35.4 Å². The Morgan fingerprint density at radius 2 is 1.22 bits per heavy atom. The summed E-state index contributed by atoms with van der Waals surface area (Å²) in [7, 11) is 4.13. The number of anilines is 4. The standard InChI is InChI=1S/C66H49B2N6O.Pt/c1-66(48-20-4-2-5-21-48,49-22-6-3-7-23-49)50-36-43-71-64(44-50)74-60-31-9-8-26-54(60)55-35-34-53(46-63(55)74)75-52-25-16-24-51(45-52)72-47-73(62-33-11-10-32-61(62)72)65-56(58-29-18-41-69-39-14-12-37-67-58)27-17-28-57(65)59-30-19-42-70-40-15-13-38-68-59;/h2-44,47,69-70H,1H3;/q-3;/b37-12-,38-13-,39-14-,40-15-,41-18-,42-19-,58-29-,59-30-;/i8D,9D,16D,24D,25D,26D,31D;. The Morgan fingerprint density at radius 3 is 1.91 bits per heavy atom. The molecule has 76 heavy (non-hydrogen) atoms. The van der Waals surface area contributed by atoms with Crippen molar-refractivity contribution in [3.8, 4) is 17.3 Å². The van der Waals surface area contributed by atoms with Crippen LogP contribution in [-0.4, -0.2) is 24.1 Å². The Bertz CT molecular complexity index is 4150. The number of nitrogens with one attached hydrogen (secondary N) is 2. The van der Waals surface area contributed by atoms with Crippen LogP contribution in [0.1, 0.15) is 44.3 Å². The molecule has 12 rings (SSSR count). The van der Waals surface area contributed by atoms with Crippen LogP contribution in [0, 0.1) is 18.8 Å². The van der Waals surface area contributed by atoms with Crippen LogP contribution in [0.2, 0.25) is 0 Å². The van der Waals surface area contributed by atoms with Crippen LogP contribution >= 0.6 is 0 Å².